The summed E-state index contributed by atoms with van der Waals surface area (Å²) >= 11 is 0. The van der Waals surface area contributed by atoms with Crippen LogP contribution in [0.3, 0.4) is 0 Å². The van der Waals surface area contributed by atoms with Crippen LogP contribution in [-0.4, -0.2) is 46.9 Å². The van der Waals surface area contributed by atoms with E-state index in [9.17, 15) is 19.2 Å². The molecule has 5 unspecified atom stereocenters. The lowest BCUT2D eigenvalue weighted by Gasteiger charge is -2.27. The van der Waals surface area contributed by atoms with E-state index < -0.39 is 48.2 Å². The summed E-state index contributed by atoms with van der Waals surface area (Å²) in [7, 11) is 0. The Hall–Kier alpha value is -2.16. The van der Waals surface area contributed by atoms with E-state index in [4.69, 9.17) is 16.6 Å². The monoisotopic (exact) mass is 358 g/mol. The highest BCUT2D eigenvalue weighted by molar-refractivity contribution is 5.93. The lowest BCUT2D eigenvalue weighted by atomic mass is 9.95. The molecule has 5 atom stereocenters. The van der Waals surface area contributed by atoms with Crippen LogP contribution in [-0.2, 0) is 19.2 Å². The molecule has 0 bridgehead atoms. The summed E-state index contributed by atoms with van der Waals surface area (Å²) in [5.41, 5.74) is 10.9. The Labute approximate surface area is 147 Å². The van der Waals surface area contributed by atoms with E-state index in [0.29, 0.717) is 12.8 Å². The van der Waals surface area contributed by atoms with Gasteiger partial charge in [-0.05, 0) is 11.8 Å². The Morgan fingerprint density at radius 3 is 1.88 bits per heavy atom. The molecule has 0 saturated heterocycles. The van der Waals surface area contributed by atoms with Crippen LogP contribution in [0.1, 0.15) is 47.0 Å². The zero-order chi connectivity index (χ0) is 19.7. The molecule has 0 aliphatic carbocycles. The number of carbonyl (C=O) groups excluding carboxylic acids is 3. The molecule has 3 amide bonds. The number of nitrogens with one attached hydrogen (secondary N) is 2. The van der Waals surface area contributed by atoms with Crippen molar-refractivity contribution in [3.05, 3.63) is 0 Å². The number of carboxylic acid groups (broad SMARTS) is 1. The molecule has 144 valence electrons. The van der Waals surface area contributed by atoms with Crippen molar-refractivity contribution in [3.63, 3.8) is 0 Å². The maximum absolute atomic E-state index is 12.5. The highest BCUT2D eigenvalue weighted by atomic mass is 16.4. The smallest absolute Gasteiger partial charge is 0.326 e. The molecular weight excluding hydrogens is 328 g/mol. The molecule has 0 aromatic heterocycles. The van der Waals surface area contributed by atoms with E-state index in [1.807, 2.05) is 20.8 Å². The lowest BCUT2D eigenvalue weighted by molar-refractivity contribution is -0.144. The first-order valence-electron chi connectivity index (χ1n) is 8.42. The number of primary amides is 1. The SMILES string of the molecule is CCC(C)C(N)C(=O)NC(C(=O)NC(CC(N)=O)C(=O)O)C(C)CC. The predicted molar refractivity (Wildman–Crippen MR) is 92.2 cm³/mol. The first-order valence-corrected chi connectivity index (χ1v) is 8.42. The topological polar surface area (TPSA) is 165 Å². The summed E-state index contributed by atoms with van der Waals surface area (Å²) in [4.78, 5) is 46.8. The molecule has 0 aliphatic heterocycles. The molecule has 0 rings (SSSR count). The van der Waals surface area contributed by atoms with Gasteiger partial charge in [0.05, 0.1) is 12.5 Å². The fraction of sp³-hybridized carbons (Fsp3) is 0.750. The lowest BCUT2D eigenvalue weighted by Crippen LogP contribution is -2.57. The molecule has 0 saturated carbocycles. The van der Waals surface area contributed by atoms with E-state index in [-0.39, 0.29) is 11.8 Å². The summed E-state index contributed by atoms with van der Waals surface area (Å²) in [5, 5.41) is 13.9. The number of carbonyl (C=O) groups is 4. The zero-order valence-corrected chi connectivity index (χ0v) is 15.2. The fourth-order valence-corrected chi connectivity index (χ4v) is 2.13. The van der Waals surface area contributed by atoms with Gasteiger partial charge in [0, 0.05) is 0 Å². The maximum atomic E-state index is 12.5. The Kier molecular flexibility index (Phi) is 9.73. The molecule has 0 aromatic carbocycles. The van der Waals surface area contributed by atoms with Crippen molar-refractivity contribution in [3.8, 4) is 0 Å². The van der Waals surface area contributed by atoms with Gasteiger partial charge < -0.3 is 27.2 Å². The van der Waals surface area contributed by atoms with Crippen molar-refractivity contribution in [1.82, 2.24) is 10.6 Å². The van der Waals surface area contributed by atoms with Crippen molar-refractivity contribution in [1.29, 1.82) is 0 Å². The van der Waals surface area contributed by atoms with E-state index in [1.54, 1.807) is 6.92 Å². The van der Waals surface area contributed by atoms with Crippen LogP contribution in [0, 0.1) is 11.8 Å². The molecule has 9 heteroatoms. The van der Waals surface area contributed by atoms with Crippen molar-refractivity contribution >= 4 is 23.7 Å². The van der Waals surface area contributed by atoms with Gasteiger partial charge in [-0.25, -0.2) is 4.79 Å². The number of nitrogens with two attached hydrogens (primary N) is 2. The van der Waals surface area contributed by atoms with Crippen molar-refractivity contribution in [2.24, 2.45) is 23.3 Å². The van der Waals surface area contributed by atoms with Gasteiger partial charge in [-0.3, -0.25) is 14.4 Å². The third kappa shape index (κ3) is 7.51. The number of carboxylic acids is 1. The van der Waals surface area contributed by atoms with Crippen LogP contribution < -0.4 is 22.1 Å². The van der Waals surface area contributed by atoms with Crippen molar-refractivity contribution in [2.75, 3.05) is 0 Å². The summed E-state index contributed by atoms with van der Waals surface area (Å²) in [6.45, 7) is 7.32. The normalized spacial score (nSPS) is 16.8. The minimum Gasteiger partial charge on any atom is -0.480 e. The minimum absolute atomic E-state index is 0.0673. The Bertz CT molecular complexity index is 497. The zero-order valence-electron chi connectivity index (χ0n) is 15.2. The molecule has 0 spiro atoms. The molecule has 0 aromatic rings. The number of aliphatic carboxylic acids is 1. The first kappa shape index (κ1) is 22.8. The Morgan fingerprint density at radius 1 is 0.960 bits per heavy atom. The molecule has 25 heavy (non-hydrogen) atoms. The van der Waals surface area contributed by atoms with Gasteiger partial charge in [0.15, 0.2) is 0 Å². The number of rotatable bonds is 11. The third-order valence-corrected chi connectivity index (χ3v) is 4.37. The van der Waals surface area contributed by atoms with Crippen LogP contribution in [0.2, 0.25) is 0 Å². The summed E-state index contributed by atoms with van der Waals surface area (Å²) in [6, 6.07) is -3.18. The molecule has 0 aliphatic rings. The van der Waals surface area contributed by atoms with Gasteiger partial charge in [-0.15, -0.1) is 0 Å². The van der Waals surface area contributed by atoms with Crippen molar-refractivity contribution < 1.29 is 24.3 Å². The second kappa shape index (κ2) is 10.7. The van der Waals surface area contributed by atoms with E-state index in [2.05, 4.69) is 10.6 Å². The summed E-state index contributed by atoms with van der Waals surface area (Å²) in [5.74, 6) is -3.71. The quantitative estimate of drug-likeness (QED) is 0.329. The third-order valence-electron chi connectivity index (χ3n) is 4.37. The standard InChI is InChI=1S/C16H30N4O5/c1-5-8(3)12(18)14(22)20-13(9(4)6-2)15(23)19-10(16(24)25)7-11(17)21/h8-10,12-13H,5-7,18H2,1-4H3,(H2,17,21)(H,19,23)(H,20,22)(H,24,25). The molecule has 7 N–H and O–H groups in total. The molecule has 0 heterocycles. The maximum Gasteiger partial charge on any atom is 0.326 e. The highest BCUT2D eigenvalue weighted by Gasteiger charge is 2.32. The van der Waals surface area contributed by atoms with Gasteiger partial charge in [0.2, 0.25) is 17.7 Å². The summed E-state index contributed by atoms with van der Waals surface area (Å²) in [6.07, 6.45) is 0.744. The fourth-order valence-electron chi connectivity index (χ4n) is 2.13. The average molecular weight is 358 g/mol. The Balaban J connectivity index is 5.19. The molecule has 0 fully saturated rings. The largest absolute Gasteiger partial charge is 0.480 e. The first-order chi connectivity index (χ1) is 11.5. The minimum atomic E-state index is -1.45. The van der Waals surface area contributed by atoms with Crippen LogP contribution in [0.5, 0.6) is 0 Å². The van der Waals surface area contributed by atoms with Crippen LogP contribution in [0.15, 0.2) is 0 Å². The average Bonchev–Trinajstić information content (AvgIpc) is 2.55. The van der Waals surface area contributed by atoms with E-state index in [0.717, 1.165) is 0 Å². The summed E-state index contributed by atoms with van der Waals surface area (Å²) < 4.78 is 0. The van der Waals surface area contributed by atoms with Gasteiger partial charge in [-0.1, -0.05) is 40.5 Å². The molecule has 0 radical (unpaired) electrons. The molecular formula is C16H30N4O5. The predicted octanol–water partition coefficient (Wildman–Crippen LogP) is -0.664. The highest BCUT2D eigenvalue weighted by Crippen LogP contribution is 2.11. The van der Waals surface area contributed by atoms with Gasteiger partial charge in [0.25, 0.3) is 0 Å². The van der Waals surface area contributed by atoms with Gasteiger partial charge >= 0.3 is 5.97 Å². The van der Waals surface area contributed by atoms with Gasteiger partial charge in [0.1, 0.15) is 12.1 Å². The van der Waals surface area contributed by atoms with E-state index >= 15 is 0 Å². The number of hydrogen-bond donors (Lipinski definition) is 5. The van der Waals surface area contributed by atoms with Crippen LogP contribution in [0.4, 0.5) is 0 Å². The van der Waals surface area contributed by atoms with Gasteiger partial charge in [-0.2, -0.15) is 0 Å². The van der Waals surface area contributed by atoms with Crippen molar-refractivity contribution in [2.45, 2.75) is 65.1 Å². The second-order valence-corrected chi connectivity index (χ2v) is 6.35. The van der Waals surface area contributed by atoms with E-state index in [1.165, 1.54) is 0 Å². The number of hydrogen-bond acceptors (Lipinski definition) is 5. The molecule has 9 nitrogen and oxygen atoms in total. The second-order valence-electron chi connectivity index (χ2n) is 6.35. The van der Waals surface area contributed by atoms with Crippen LogP contribution >= 0.6 is 0 Å². The number of amides is 3. The van der Waals surface area contributed by atoms with Crippen LogP contribution in [0.25, 0.3) is 0 Å². The Morgan fingerprint density at radius 2 is 1.48 bits per heavy atom.